The molecule has 2 aromatic carbocycles. The zero-order valence-electron chi connectivity index (χ0n) is 37.3. The summed E-state index contributed by atoms with van der Waals surface area (Å²) in [6.07, 6.45) is 37.2. The Morgan fingerprint density at radius 1 is 0.500 bits per heavy atom. The van der Waals surface area contributed by atoms with Crippen LogP contribution < -0.4 is 25.0 Å². The average Bonchev–Trinajstić information content (AvgIpc) is 3.41. The Kier molecular flexibility index (Phi) is 30.9. The minimum absolute atomic E-state index is 0.105. The van der Waals surface area contributed by atoms with Crippen LogP contribution in [-0.2, 0) is 0 Å². The molecule has 2 rings (SSSR count). The van der Waals surface area contributed by atoms with E-state index in [1.54, 1.807) is 12.1 Å². The van der Waals surface area contributed by atoms with Crippen molar-refractivity contribution in [2.24, 2.45) is 0 Å². The highest BCUT2D eigenvalue weighted by Crippen LogP contribution is 2.40. The summed E-state index contributed by atoms with van der Waals surface area (Å²) in [5, 5.41) is 12.1. The van der Waals surface area contributed by atoms with Crippen molar-refractivity contribution in [2.45, 2.75) is 213 Å². The van der Waals surface area contributed by atoms with Crippen LogP contribution in [0.1, 0.15) is 229 Å². The van der Waals surface area contributed by atoms with E-state index in [1.165, 1.54) is 178 Å². The molecule has 0 unspecified atom stereocenters. The van der Waals surface area contributed by atoms with Crippen molar-refractivity contribution in [1.82, 2.24) is 0 Å². The Bertz CT molecular complexity index is 1390. The number of anilines is 1. The molecule has 0 aliphatic heterocycles. The van der Waals surface area contributed by atoms with Crippen LogP contribution in [0.3, 0.4) is 0 Å². The molecule has 58 heavy (non-hydrogen) atoms. The van der Waals surface area contributed by atoms with Gasteiger partial charge < -0.3 is 19.5 Å². The minimum Gasteiger partial charge on any atom is -0.490 e. The Morgan fingerprint density at radius 2 is 0.845 bits per heavy atom. The molecule has 0 saturated carbocycles. The molecule has 0 aromatic heterocycles. The van der Waals surface area contributed by atoms with Crippen LogP contribution in [0.4, 0.5) is 5.69 Å². The number of nitriles is 1. The van der Waals surface area contributed by atoms with E-state index in [0.717, 1.165) is 38.5 Å². The number of nitrogens with one attached hydrogen (secondary N) is 1. The molecule has 326 valence electrons. The number of unbranched alkanes of at least 4 members (excludes halogenated alkanes) is 27. The summed E-state index contributed by atoms with van der Waals surface area (Å²) >= 11 is 0. The van der Waals surface area contributed by atoms with E-state index in [4.69, 9.17) is 14.2 Å². The molecule has 0 atom stereocenters. The van der Waals surface area contributed by atoms with E-state index in [1.807, 2.05) is 6.07 Å². The number of ether oxygens (including phenoxy) is 3. The molecule has 0 saturated heterocycles. The van der Waals surface area contributed by atoms with Crippen LogP contribution >= 0.6 is 0 Å². The Hall–Kier alpha value is -3.53. The van der Waals surface area contributed by atoms with E-state index < -0.39 is 5.91 Å². The van der Waals surface area contributed by atoms with Gasteiger partial charge in [-0.05, 0) is 55.7 Å². The predicted molar refractivity (Wildman–Crippen MR) is 244 cm³/mol. The predicted octanol–water partition coefficient (Wildman–Crippen LogP) is 15.1. The normalized spacial score (nSPS) is 11.0. The first kappa shape index (κ1) is 50.6. The summed E-state index contributed by atoms with van der Waals surface area (Å²) in [6, 6.07) is 11.3. The summed E-state index contributed by atoms with van der Waals surface area (Å²) < 4.78 is 19.4. The number of carbonyl (C=O) groups excluding carboxylic acids is 1. The number of benzene rings is 1. The lowest BCUT2D eigenvalue weighted by Gasteiger charge is -2.19. The zero-order chi connectivity index (χ0) is 41.7. The second-order valence-electron chi connectivity index (χ2n) is 16.4. The van der Waals surface area contributed by atoms with Gasteiger partial charge in [-0.15, -0.1) is 0 Å². The molecule has 1 amide bonds. The molecule has 1 N–H and O–H groups in total. The second kappa shape index (κ2) is 35.4. The number of hydrogen-bond donors (Lipinski definition) is 1. The summed E-state index contributed by atoms with van der Waals surface area (Å²) in [6.45, 7) is 8.36. The van der Waals surface area contributed by atoms with Gasteiger partial charge in [0.15, 0.2) is 11.5 Å². The molecule has 7 heteroatoms. The van der Waals surface area contributed by atoms with Crippen LogP contribution in [0.5, 0.6) is 17.2 Å². The maximum atomic E-state index is 13.7. The lowest BCUT2D eigenvalue weighted by molar-refractivity contribution is 0.102. The minimum atomic E-state index is -0.448. The summed E-state index contributed by atoms with van der Waals surface area (Å²) in [5.74, 6) is 1.11. The van der Waals surface area contributed by atoms with E-state index >= 15 is 0 Å². The van der Waals surface area contributed by atoms with Crippen molar-refractivity contribution in [2.75, 3.05) is 25.1 Å². The number of rotatable bonds is 38. The van der Waals surface area contributed by atoms with E-state index in [2.05, 4.69) is 26.1 Å². The van der Waals surface area contributed by atoms with Crippen molar-refractivity contribution < 1.29 is 19.0 Å². The SMILES string of the molecule is CCCCCCCCCCCCOc1cc(C(=O)Nc2ccc(C#N)ccc2=O)cc(OCCCCCCCCCCCC)c1OCCCCCCCCCCCC. The lowest BCUT2D eigenvalue weighted by atomic mass is 10.1. The van der Waals surface area contributed by atoms with Gasteiger partial charge in [-0.25, -0.2) is 0 Å². The molecule has 7 nitrogen and oxygen atoms in total. The van der Waals surface area contributed by atoms with E-state index in [0.29, 0.717) is 48.2 Å². The number of amides is 1. The highest BCUT2D eigenvalue weighted by Gasteiger charge is 2.20. The molecule has 0 fully saturated rings. The zero-order valence-corrected chi connectivity index (χ0v) is 37.3. The second-order valence-corrected chi connectivity index (χ2v) is 16.4. The van der Waals surface area contributed by atoms with Gasteiger partial charge in [-0.2, -0.15) is 5.26 Å². The van der Waals surface area contributed by atoms with Crippen LogP contribution in [0.15, 0.2) is 41.2 Å². The smallest absolute Gasteiger partial charge is 0.256 e. The van der Waals surface area contributed by atoms with Gasteiger partial charge in [0.05, 0.1) is 37.1 Å². The molecule has 2 aromatic rings. The van der Waals surface area contributed by atoms with Crippen LogP contribution in [0.2, 0.25) is 0 Å². The molecule has 0 radical (unpaired) electrons. The van der Waals surface area contributed by atoms with Crippen LogP contribution in [-0.4, -0.2) is 25.7 Å². The molecule has 0 spiro atoms. The third-order valence-electron chi connectivity index (χ3n) is 11.0. The van der Waals surface area contributed by atoms with Crippen molar-refractivity contribution in [3.8, 4) is 23.3 Å². The summed E-state index contributed by atoms with van der Waals surface area (Å²) in [5.41, 5.74) is 0.398. The molecule has 0 aliphatic rings. The van der Waals surface area contributed by atoms with Gasteiger partial charge in [0, 0.05) is 5.56 Å². The maximum absolute atomic E-state index is 13.7. The summed E-state index contributed by atoms with van der Waals surface area (Å²) in [4.78, 5) is 26.5. The topological polar surface area (TPSA) is 97.7 Å². The van der Waals surface area contributed by atoms with Gasteiger partial charge in [-0.3, -0.25) is 9.59 Å². The van der Waals surface area contributed by atoms with Crippen molar-refractivity contribution >= 4 is 11.6 Å². The van der Waals surface area contributed by atoms with Gasteiger partial charge in [0.25, 0.3) is 5.91 Å². The largest absolute Gasteiger partial charge is 0.490 e. The molecule has 0 heterocycles. The monoisotopic (exact) mass is 803 g/mol. The van der Waals surface area contributed by atoms with Crippen LogP contribution in [0.25, 0.3) is 0 Å². The van der Waals surface area contributed by atoms with Crippen LogP contribution in [0, 0.1) is 11.3 Å². The first-order valence-electron chi connectivity index (χ1n) is 24.0. The number of carbonyl (C=O) groups is 1. The fourth-order valence-corrected chi connectivity index (χ4v) is 7.31. The highest BCUT2D eigenvalue weighted by molar-refractivity contribution is 6.05. The first-order valence-corrected chi connectivity index (χ1v) is 24.0. The molecule has 0 bridgehead atoms. The van der Waals surface area contributed by atoms with Gasteiger partial charge in [0.1, 0.15) is 0 Å². The maximum Gasteiger partial charge on any atom is 0.256 e. The van der Waals surface area contributed by atoms with E-state index in [9.17, 15) is 14.9 Å². The van der Waals surface area contributed by atoms with Gasteiger partial charge >= 0.3 is 0 Å². The fraction of sp³-hybridized carbons (Fsp3) is 0.706. The van der Waals surface area contributed by atoms with Crippen molar-refractivity contribution in [3.63, 3.8) is 0 Å². The molecule has 0 aliphatic carbocycles. The molecular weight excluding hydrogens is 721 g/mol. The van der Waals surface area contributed by atoms with Gasteiger partial charge in [0.2, 0.25) is 11.2 Å². The van der Waals surface area contributed by atoms with Crippen molar-refractivity contribution in [3.05, 3.63) is 57.7 Å². The fourth-order valence-electron chi connectivity index (χ4n) is 7.31. The van der Waals surface area contributed by atoms with Gasteiger partial charge in [-0.1, -0.05) is 194 Å². The highest BCUT2D eigenvalue weighted by atomic mass is 16.5. The third kappa shape index (κ3) is 24.4. The third-order valence-corrected chi connectivity index (χ3v) is 11.0. The average molecular weight is 803 g/mol. The van der Waals surface area contributed by atoms with Crippen molar-refractivity contribution in [1.29, 1.82) is 5.26 Å². The number of hydrogen-bond acceptors (Lipinski definition) is 6. The summed E-state index contributed by atoms with van der Waals surface area (Å²) in [7, 11) is 0. The van der Waals surface area contributed by atoms with E-state index in [-0.39, 0.29) is 11.1 Å². The first-order chi connectivity index (χ1) is 28.5. The lowest BCUT2D eigenvalue weighted by Crippen LogP contribution is -2.17. The Balaban J connectivity index is 2.15. The Labute approximate surface area is 354 Å². The standard InChI is InChI=1S/C51H82N2O5/c1-4-7-10-13-16-19-22-25-28-31-38-56-48-41-45(51(55)53-46-36-34-44(43-52)35-37-47(46)54)42-49(57-39-32-29-26-23-20-17-14-11-8-5-2)50(48)58-40-33-30-27-24-21-18-15-12-9-6-3/h34-37,41-42H,4-33,38-40H2,1-3H3,(H,53,54,55). The quantitative estimate of drug-likeness (QED) is 0.0679. The Morgan fingerprint density at radius 3 is 1.22 bits per heavy atom. The molecular formula is C51H82N2O5. The number of nitrogens with zero attached hydrogens (tertiary/aromatic N) is 1.